The monoisotopic (exact) mass is 206 g/mol. The van der Waals surface area contributed by atoms with Crippen LogP contribution in [0, 0.1) is 0 Å². The summed E-state index contributed by atoms with van der Waals surface area (Å²) in [6.45, 7) is 0. The number of ether oxygens (including phenoxy) is 1. The highest BCUT2D eigenvalue weighted by molar-refractivity contribution is 7.12. The minimum atomic E-state index is 0.343. The highest BCUT2D eigenvalue weighted by atomic mass is 32.1. The van der Waals surface area contributed by atoms with E-state index in [1.807, 2.05) is 29.6 Å². The van der Waals surface area contributed by atoms with Gasteiger partial charge in [-0.3, -0.25) is 0 Å². The normalized spacial score (nSPS) is 10.1. The summed E-state index contributed by atoms with van der Waals surface area (Å²) in [4.78, 5) is 0. The molecule has 0 spiro atoms. The second-order valence-electron chi connectivity index (χ2n) is 2.90. The number of rotatable bonds is 2. The van der Waals surface area contributed by atoms with Crippen LogP contribution < -0.4 is 4.74 Å². The standard InChI is InChI=1S/C11H10O2S/c1-13-10-4-2-8(3-5-10)9-6-11(12)14-7-9/h2-7,12H,1H3. The van der Waals surface area contributed by atoms with Gasteiger partial charge in [-0.15, -0.1) is 11.3 Å². The molecule has 0 saturated heterocycles. The Hall–Kier alpha value is -1.48. The van der Waals surface area contributed by atoms with Gasteiger partial charge < -0.3 is 9.84 Å². The third-order valence-corrected chi connectivity index (χ3v) is 2.74. The molecule has 0 aliphatic carbocycles. The van der Waals surface area contributed by atoms with Crippen molar-refractivity contribution in [3.63, 3.8) is 0 Å². The Morgan fingerprint density at radius 1 is 1.14 bits per heavy atom. The van der Waals surface area contributed by atoms with E-state index in [-0.39, 0.29) is 0 Å². The zero-order valence-electron chi connectivity index (χ0n) is 7.73. The van der Waals surface area contributed by atoms with E-state index in [1.54, 1.807) is 13.2 Å². The first-order chi connectivity index (χ1) is 6.79. The molecule has 72 valence electrons. The summed E-state index contributed by atoms with van der Waals surface area (Å²) in [6.07, 6.45) is 0. The van der Waals surface area contributed by atoms with Crippen LogP contribution in [0.25, 0.3) is 11.1 Å². The van der Waals surface area contributed by atoms with Crippen molar-refractivity contribution in [3.05, 3.63) is 35.7 Å². The van der Waals surface area contributed by atoms with E-state index in [4.69, 9.17) is 4.74 Å². The van der Waals surface area contributed by atoms with E-state index in [0.29, 0.717) is 5.06 Å². The van der Waals surface area contributed by atoms with Gasteiger partial charge in [0.05, 0.1) is 7.11 Å². The molecular formula is C11H10O2S. The molecule has 0 aliphatic rings. The molecule has 1 N–H and O–H groups in total. The van der Waals surface area contributed by atoms with Crippen molar-refractivity contribution in [1.29, 1.82) is 0 Å². The lowest BCUT2D eigenvalue weighted by molar-refractivity contribution is 0.415. The van der Waals surface area contributed by atoms with Crippen molar-refractivity contribution in [2.75, 3.05) is 7.11 Å². The Balaban J connectivity index is 2.33. The summed E-state index contributed by atoms with van der Waals surface area (Å²) < 4.78 is 5.06. The predicted octanol–water partition coefficient (Wildman–Crippen LogP) is 3.13. The van der Waals surface area contributed by atoms with Gasteiger partial charge in [0, 0.05) is 5.38 Å². The number of hydrogen-bond donors (Lipinski definition) is 1. The first-order valence-electron chi connectivity index (χ1n) is 4.21. The maximum atomic E-state index is 9.21. The molecule has 1 aromatic carbocycles. The van der Waals surface area contributed by atoms with Crippen LogP contribution in [-0.4, -0.2) is 12.2 Å². The average molecular weight is 206 g/mol. The average Bonchev–Trinajstić information content (AvgIpc) is 2.65. The Morgan fingerprint density at radius 3 is 2.36 bits per heavy atom. The summed E-state index contributed by atoms with van der Waals surface area (Å²) in [6, 6.07) is 9.52. The van der Waals surface area contributed by atoms with E-state index in [9.17, 15) is 5.11 Å². The van der Waals surface area contributed by atoms with Gasteiger partial charge in [0.15, 0.2) is 5.06 Å². The van der Waals surface area contributed by atoms with Crippen molar-refractivity contribution in [2.45, 2.75) is 0 Å². The quantitative estimate of drug-likeness (QED) is 0.818. The zero-order valence-corrected chi connectivity index (χ0v) is 8.54. The second-order valence-corrected chi connectivity index (χ2v) is 3.79. The maximum Gasteiger partial charge on any atom is 0.171 e. The lowest BCUT2D eigenvalue weighted by Crippen LogP contribution is -1.81. The van der Waals surface area contributed by atoms with Crippen molar-refractivity contribution in [2.24, 2.45) is 0 Å². The van der Waals surface area contributed by atoms with E-state index < -0.39 is 0 Å². The van der Waals surface area contributed by atoms with E-state index >= 15 is 0 Å². The fourth-order valence-electron chi connectivity index (χ4n) is 1.26. The molecule has 0 amide bonds. The Morgan fingerprint density at radius 2 is 1.86 bits per heavy atom. The fourth-order valence-corrected chi connectivity index (χ4v) is 1.91. The largest absolute Gasteiger partial charge is 0.499 e. The lowest BCUT2D eigenvalue weighted by atomic mass is 10.1. The number of aromatic hydroxyl groups is 1. The highest BCUT2D eigenvalue weighted by Gasteiger charge is 2.01. The third-order valence-electron chi connectivity index (χ3n) is 2.01. The smallest absolute Gasteiger partial charge is 0.171 e. The van der Waals surface area contributed by atoms with Crippen LogP contribution in [0.1, 0.15) is 0 Å². The minimum absolute atomic E-state index is 0.343. The zero-order chi connectivity index (χ0) is 9.97. The summed E-state index contributed by atoms with van der Waals surface area (Å²) in [5.74, 6) is 0.841. The number of benzene rings is 1. The first kappa shape index (κ1) is 9.09. The molecule has 2 rings (SSSR count). The van der Waals surface area contributed by atoms with Crippen LogP contribution in [0.5, 0.6) is 10.8 Å². The fraction of sp³-hybridized carbons (Fsp3) is 0.0909. The van der Waals surface area contributed by atoms with Gasteiger partial charge in [0.1, 0.15) is 5.75 Å². The summed E-state index contributed by atoms with van der Waals surface area (Å²) in [7, 11) is 1.64. The van der Waals surface area contributed by atoms with E-state index in [1.165, 1.54) is 11.3 Å². The van der Waals surface area contributed by atoms with Gasteiger partial charge in [-0.2, -0.15) is 0 Å². The molecule has 14 heavy (non-hydrogen) atoms. The van der Waals surface area contributed by atoms with Crippen molar-refractivity contribution >= 4 is 11.3 Å². The molecule has 0 unspecified atom stereocenters. The second kappa shape index (κ2) is 3.72. The topological polar surface area (TPSA) is 29.5 Å². The van der Waals surface area contributed by atoms with E-state index in [2.05, 4.69) is 0 Å². The molecule has 0 atom stereocenters. The first-order valence-corrected chi connectivity index (χ1v) is 5.09. The molecule has 2 aromatic rings. The SMILES string of the molecule is COc1ccc(-c2csc(O)c2)cc1. The van der Waals surface area contributed by atoms with Crippen molar-refractivity contribution < 1.29 is 9.84 Å². The predicted molar refractivity (Wildman–Crippen MR) is 58.0 cm³/mol. The van der Waals surface area contributed by atoms with Crippen LogP contribution >= 0.6 is 11.3 Å². The highest BCUT2D eigenvalue weighted by Crippen LogP contribution is 2.30. The molecular weight excluding hydrogens is 196 g/mol. The van der Waals surface area contributed by atoms with Gasteiger partial charge in [-0.05, 0) is 29.3 Å². The van der Waals surface area contributed by atoms with Gasteiger partial charge in [-0.25, -0.2) is 0 Å². The molecule has 0 saturated carbocycles. The van der Waals surface area contributed by atoms with Crippen molar-refractivity contribution in [1.82, 2.24) is 0 Å². The summed E-state index contributed by atoms with van der Waals surface area (Å²) in [5, 5.41) is 11.5. The van der Waals surface area contributed by atoms with Crippen molar-refractivity contribution in [3.8, 4) is 21.9 Å². The van der Waals surface area contributed by atoms with Crippen LogP contribution in [0.2, 0.25) is 0 Å². The minimum Gasteiger partial charge on any atom is -0.499 e. The molecule has 1 heterocycles. The third kappa shape index (κ3) is 1.72. The number of methoxy groups -OCH3 is 1. The summed E-state index contributed by atoms with van der Waals surface area (Å²) in [5.41, 5.74) is 2.12. The molecule has 0 radical (unpaired) electrons. The van der Waals surface area contributed by atoms with Gasteiger partial charge in [0.25, 0.3) is 0 Å². The summed E-state index contributed by atoms with van der Waals surface area (Å²) >= 11 is 1.33. The molecule has 2 nitrogen and oxygen atoms in total. The molecule has 0 bridgehead atoms. The van der Waals surface area contributed by atoms with Crippen LogP contribution in [0.3, 0.4) is 0 Å². The van der Waals surface area contributed by atoms with E-state index in [0.717, 1.165) is 16.9 Å². The lowest BCUT2D eigenvalue weighted by Gasteiger charge is -2.00. The van der Waals surface area contributed by atoms with Gasteiger partial charge in [0.2, 0.25) is 0 Å². The molecule has 0 fully saturated rings. The molecule has 0 aliphatic heterocycles. The Kier molecular flexibility index (Phi) is 2.41. The number of hydrogen-bond acceptors (Lipinski definition) is 3. The Labute approximate surface area is 86.4 Å². The maximum absolute atomic E-state index is 9.21. The van der Waals surface area contributed by atoms with Crippen LogP contribution in [0.15, 0.2) is 35.7 Å². The Bertz CT molecular complexity index is 417. The molecule has 1 aromatic heterocycles. The van der Waals surface area contributed by atoms with Crippen LogP contribution in [0.4, 0.5) is 0 Å². The number of thiophene rings is 1. The van der Waals surface area contributed by atoms with Crippen LogP contribution in [-0.2, 0) is 0 Å². The van der Waals surface area contributed by atoms with Gasteiger partial charge >= 0.3 is 0 Å². The molecule has 3 heteroatoms. The van der Waals surface area contributed by atoms with Gasteiger partial charge in [-0.1, -0.05) is 12.1 Å².